The molecule has 0 heterocycles. The molecule has 3 amide bonds. The molecule has 38 heavy (non-hydrogen) atoms. The van der Waals surface area contributed by atoms with Gasteiger partial charge in [-0.1, -0.05) is 62.3 Å². The summed E-state index contributed by atoms with van der Waals surface area (Å²) in [5.74, 6) is -8.29. The summed E-state index contributed by atoms with van der Waals surface area (Å²) in [5.41, 5.74) is 9.67. The van der Waals surface area contributed by atoms with Gasteiger partial charge in [0.15, 0.2) is 0 Å². The SMILES string of the molecule is CCCC(=O)C(=O)[C@](NC(=O)[C@@H](NC(=O)[C@@H](N)C(C)C)C(C)C)(C(=O)N[C@H](C(=O)O)C(C)C)C(N)C(C)C. The molecule has 0 fully saturated rings. The zero-order valence-electron chi connectivity index (χ0n) is 24.1. The highest BCUT2D eigenvalue weighted by Crippen LogP contribution is 2.22. The minimum absolute atomic E-state index is 0.214. The van der Waals surface area contributed by atoms with Crippen LogP contribution < -0.4 is 27.4 Å². The lowest BCUT2D eigenvalue weighted by molar-refractivity contribution is -0.152. The van der Waals surface area contributed by atoms with Crippen LogP contribution in [0.2, 0.25) is 0 Å². The first-order valence-corrected chi connectivity index (χ1v) is 13.1. The van der Waals surface area contributed by atoms with Crippen molar-refractivity contribution in [1.82, 2.24) is 16.0 Å². The second-order valence-electron chi connectivity index (χ2n) is 11.1. The van der Waals surface area contributed by atoms with Gasteiger partial charge in [-0.15, -0.1) is 0 Å². The highest BCUT2D eigenvalue weighted by molar-refractivity contribution is 6.46. The Morgan fingerprint density at radius 1 is 0.737 bits per heavy atom. The predicted molar refractivity (Wildman–Crippen MR) is 143 cm³/mol. The van der Waals surface area contributed by atoms with E-state index < -0.39 is 82.7 Å². The number of aliphatic carboxylic acids is 1. The number of ketones is 2. The molecule has 0 aliphatic carbocycles. The van der Waals surface area contributed by atoms with Crippen LogP contribution in [-0.4, -0.2) is 70.1 Å². The number of amides is 3. The number of hydrogen-bond donors (Lipinski definition) is 6. The third-order valence-corrected chi connectivity index (χ3v) is 6.47. The van der Waals surface area contributed by atoms with Crippen molar-refractivity contribution < 1.29 is 33.9 Å². The van der Waals surface area contributed by atoms with E-state index in [1.165, 1.54) is 0 Å². The molecule has 12 nitrogen and oxygen atoms in total. The molecule has 0 bridgehead atoms. The van der Waals surface area contributed by atoms with E-state index in [0.29, 0.717) is 0 Å². The molecule has 0 aromatic rings. The van der Waals surface area contributed by atoms with Crippen molar-refractivity contribution in [1.29, 1.82) is 0 Å². The second kappa shape index (κ2) is 14.9. The van der Waals surface area contributed by atoms with Gasteiger partial charge in [-0.2, -0.15) is 0 Å². The number of nitrogens with two attached hydrogens (primary N) is 2. The lowest BCUT2D eigenvalue weighted by Crippen LogP contribution is -2.76. The zero-order chi connectivity index (χ0) is 30.1. The number of carbonyl (C=O) groups is 6. The van der Waals surface area contributed by atoms with E-state index in [1.54, 1.807) is 62.3 Å². The topological polar surface area (TPSA) is 211 Å². The Hall–Kier alpha value is -2.86. The first kappa shape index (κ1) is 35.1. The number of nitrogens with one attached hydrogen (secondary N) is 3. The van der Waals surface area contributed by atoms with Gasteiger partial charge in [0.2, 0.25) is 28.9 Å². The summed E-state index contributed by atoms with van der Waals surface area (Å²) in [6, 6.07) is -5.02. The fourth-order valence-corrected chi connectivity index (χ4v) is 3.79. The molecule has 0 aromatic carbocycles. The molecule has 0 radical (unpaired) electrons. The highest BCUT2D eigenvalue weighted by atomic mass is 16.4. The Bertz CT molecular complexity index is 887. The number of Topliss-reactive ketones (excluding diaryl/α,β-unsaturated/α-hetero) is 2. The predicted octanol–water partition coefficient (Wildman–Crippen LogP) is 0.113. The Balaban J connectivity index is 6.90. The van der Waals surface area contributed by atoms with Crippen LogP contribution in [-0.2, 0) is 28.8 Å². The number of carbonyl (C=O) groups excluding carboxylic acids is 5. The van der Waals surface area contributed by atoms with Crippen molar-refractivity contribution in [3.8, 4) is 0 Å². The van der Waals surface area contributed by atoms with Crippen molar-refractivity contribution in [2.24, 2.45) is 35.1 Å². The summed E-state index contributed by atoms with van der Waals surface area (Å²) < 4.78 is 0. The van der Waals surface area contributed by atoms with Gasteiger partial charge >= 0.3 is 5.97 Å². The number of carboxylic acids is 1. The molecule has 0 aliphatic rings. The molecular weight excluding hydrogens is 494 g/mol. The maximum Gasteiger partial charge on any atom is 0.326 e. The summed E-state index contributed by atoms with van der Waals surface area (Å²) in [6.45, 7) is 14.7. The van der Waals surface area contributed by atoms with Gasteiger partial charge in [0.25, 0.3) is 5.91 Å². The molecule has 0 aliphatic heterocycles. The van der Waals surface area contributed by atoms with E-state index in [4.69, 9.17) is 11.5 Å². The van der Waals surface area contributed by atoms with Gasteiger partial charge in [-0.3, -0.25) is 24.0 Å². The van der Waals surface area contributed by atoms with Crippen molar-refractivity contribution in [2.45, 2.75) is 105 Å². The fourth-order valence-electron chi connectivity index (χ4n) is 3.79. The average Bonchev–Trinajstić information content (AvgIpc) is 2.81. The maximum absolute atomic E-state index is 13.8. The molecule has 218 valence electrons. The number of rotatable bonds is 16. The van der Waals surface area contributed by atoms with Gasteiger partial charge in [-0.25, -0.2) is 4.79 Å². The molecule has 0 aromatic heterocycles. The molecule has 0 spiro atoms. The first-order chi connectivity index (χ1) is 17.4. The van der Waals surface area contributed by atoms with Crippen molar-refractivity contribution >= 4 is 35.3 Å². The largest absolute Gasteiger partial charge is 0.480 e. The molecule has 0 saturated carbocycles. The molecule has 8 N–H and O–H groups in total. The Morgan fingerprint density at radius 2 is 1.24 bits per heavy atom. The van der Waals surface area contributed by atoms with Gasteiger partial charge in [0.05, 0.1) is 6.04 Å². The third kappa shape index (κ3) is 8.59. The van der Waals surface area contributed by atoms with Crippen LogP contribution in [0.25, 0.3) is 0 Å². The van der Waals surface area contributed by atoms with Crippen LogP contribution in [0.15, 0.2) is 0 Å². The smallest absolute Gasteiger partial charge is 0.326 e. The minimum atomic E-state index is -2.63. The van der Waals surface area contributed by atoms with Crippen LogP contribution in [0.4, 0.5) is 0 Å². The molecule has 0 saturated heterocycles. The first-order valence-electron chi connectivity index (χ1n) is 13.1. The molecular formula is C26H47N5O7. The van der Waals surface area contributed by atoms with Crippen molar-refractivity contribution in [3.63, 3.8) is 0 Å². The van der Waals surface area contributed by atoms with E-state index in [0.717, 1.165) is 0 Å². The summed E-state index contributed by atoms with van der Waals surface area (Å²) in [4.78, 5) is 78.4. The van der Waals surface area contributed by atoms with E-state index in [-0.39, 0.29) is 18.8 Å². The van der Waals surface area contributed by atoms with Crippen LogP contribution in [0.3, 0.4) is 0 Å². The number of carboxylic acid groups (broad SMARTS) is 1. The molecule has 12 heteroatoms. The Morgan fingerprint density at radius 3 is 1.61 bits per heavy atom. The normalized spacial score (nSPS) is 16.4. The van der Waals surface area contributed by atoms with Crippen LogP contribution >= 0.6 is 0 Å². The van der Waals surface area contributed by atoms with Gasteiger partial charge in [-0.05, 0) is 30.1 Å². The quantitative estimate of drug-likeness (QED) is 0.115. The summed E-state index contributed by atoms with van der Waals surface area (Å²) in [5, 5.41) is 16.9. The van der Waals surface area contributed by atoms with E-state index in [2.05, 4.69) is 16.0 Å². The highest BCUT2D eigenvalue weighted by Gasteiger charge is 2.56. The lowest BCUT2D eigenvalue weighted by Gasteiger charge is -2.40. The molecule has 0 rings (SSSR count). The maximum atomic E-state index is 13.8. The lowest BCUT2D eigenvalue weighted by atomic mass is 9.76. The standard InChI is InChI=1S/C26H47N5O7/c1-10-11-16(32)21(33)26(20(28)15(8)9,25(38)30-19(14(6)7)24(36)37)31-23(35)18(13(4)5)29-22(34)17(27)12(2)3/h12-15,17-20H,10-11,27-28H2,1-9H3,(H,29,34)(H,30,38)(H,31,35)(H,36,37)/t17-,18-,19-,20?,26-/m0/s1. The summed E-state index contributed by atoms with van der Waals surface area (Å²) in [7, 11) is 0. The van der Waals surface area contributed by atoms with E-state index >= 15 is 0 Å². The van der Waals surface area contributed by atoms with Gasteiger partial charge in [0, 0.05) is 12.5 Å². The molecule has 1 unspecified atom stereocenters. The zero-order valence-corrected chi connectivity index (χ0v) is 24.1. The molecule has 5 atom stereocenters. The average molecular weight is 542 g/mol. The Kier molecular flexibility index (Phi) is 13.8. The summed E-state index contributed by atoms with van der Waals surface area (Å²) >= 11 is 0. The van der Waals surface area contributed by atoms with E-state index in [9.17, 15) is 33.9 Å². The third-order valence-electron chi connectivity index (χ3n) is 6.47. The van der Waals surface area contributed by atoms with Gasteiger partial charge in [0.1, 0.15) is 12.1 Å². The Labute approximate surface area is 225 Å². The van der Waals surface area contributed by atoms with Crippen LogP contribution in [0, 0.1) is 23.7 Å². The fraction of sp³-hybridized carbons (Fsp3) is 0.769. The second-order valence-corrected chi connectivity index (χ2v) is 11.1. The summed E-state index contributed by atoms with van der Waals surface area (Å²) in [6.07, 6.45) is 0.0727. The minimum Gasteiger partial charge on any atom is -0.480 e. The van der Waals surface area contributed by atoms with Crippen LogP contribution in [0.1, 0.15) is 75.2 Å². The number of hydrogen-bond acceptors (Lipinski definition) is 8. The van der Waals surface area contributed by atoms with Crippen LogP contribution in [0.5, 0.6) is 0 Å². The van der Waals surface area contributed by atoms with Crippen molar-refractivity contribution in [2.75, 3.05) is 0 Å². The van der Waals surface area contributed by atoms with Gasteiger partial charge < -0.3 is 32.5 Å². The monoisotopic (exact) mass is 541 g/mol. The van der Waals surface area contributed by atoms with E-state index in [1.807, 2.05) is 0 Å². The van der Waals surface area contributed by atoms with Crippen molar-refractivity contribution in [3.05, 3.63) is 0 Å².